The van der Waals surface area contributed by atoms with Gasteiger partial charge in [0.25, 0.3) is 0 Å². The maximum Gasteiger partial charge on any atom is 0.144 e. The molecule has 0 N–H and O–H groups in total. The Kier molecular flexibility index (Phi) is 5.82. The van der Waals surface area contributed by atoms with Crippen molar-refractivity contribution in [2.75, 3.05) is 4.90 Å². The van der Waals surface area contributed by atoms with Gasteiger partial charge >= 0.3 is 0 Å². The number of fused-ring (bicyclic) bond motifs is 10. The van der Waals surface area contributed by atoms with E-state index >= 15 is 0 Å². The lowest BCUT2D eigenvalue weighted by Crippen LogP contribution is -2.16. The summed E-state index contributed by atoms with van der Waals surface area (Å²) in [5, 5.41) is 4.81. The Morgan fingerprint density at radius 3 is 1.90 bits per heavy atom. The fourth-order valence-corrected chi connectivity index (χ4v) is 9.15. The molecule has 228 valence electrons. The van der Waals surface area contributed by atoms with Crippen LogP contribution in [0.1, 0.15) is 25.0 Å². The highest BCUT2D eigenvalue weighted by atomic mass is 32.1. The molecule has 7 aromatic carbocycles. The van der Waals surface area contributed by atoms with Gasteiger partial charge in [0.05, 0.1) is 0 Å². The smallest absolute Gasteiger partial charge is 0.144 e. The maximum absolute atomic E-state index is 6.57. The van der Waals surface area contributed by atoms with E-state index in [-0.39, 0.29) is 5.41 Å². The van der Waals surface area contributed by atoms with Crippen LogP contribution < -0.4 is 4.90 Å². The van der Waals surface area contributed by atoms with Gasteiger partial charge in [-0.3, -0.25) is 0 Å². The summed E-state index contributed by atoms with van der Waals surface area (Å²) in [6, 6.07) is 55.0. The summed E-state index contributed by atoms with van der Waals surface area (Å²) < 4.78 is 9.13. The normalized spacial score (nSPS) is 13.4. The van der Waals surface area contributed by atoms with Gasteiger partial charge in [-0.05, 0) is 88.5 Å². The van der Waals surface area contributed by atoms with Crippen molar-refractivity contribution in [3.8, 4) is 22.3 Å². The van der Waals surface area contributed by atoms with Crippen molar-refractivity contribution in [2.24, 2.45) is 0 Å². The third-order valence-corrected chi connectivity index (χ3v) is 11.5. The number of hydrogen-bond donors (Lipinski definition) is 0. The van der Waals surface area contributed by atoms with Gasteiger partial charge in [0, 0.05) is 59.0 Å². The molecular weight excluding hydrogens is 603 g/mol. The van der Waals surface area contributed by atoms with Gasteiger partial charge in [-0.2, -0.15) is 0 Å². The second-order valence-electron chi connectivity index (χ2n) is 13.3. The quantitative estimate of drug-likeness (QED) is 0.192. The van der Waals surface area contributed by atoms with Crippen LogP contribution in [0.25, 0.3) is 64.4 Å². The molecule has 0 saturated carbocycles. The van der Waals surface area contributed by atoms with Crippen LogP contribution in [0.2, 0.25) is 0 Å². The van der Waals surface area contributed by atoms with Crippen molar-refractivity contribution in [3.63, 3.8) is 0 Å². The molecule has 10 rings (SSSR count). The van der Waals surface area contributed by atoms with Gasteiger partial charge in [0.1, 0.15) is 11.2 Å². The topological polar surface area (TPSA) is 16.4 Å². The van der Waals surface area contributed by atoms with Crippen LogP contribution in [-0.2, 0) is 5.41 Å². The van der Waals surface area contributed by atoms with Gasteiger partial charge < -0.3 is 9.32 Å². The van der Waals surface area contributed by atoms with E-state index in [1.807, 2.05) is 11.3 Å². The average molecular weight is 634 g/mol. The first-order valence-electron chi connectivity index (χ1n) is 16.5. The zero-order valence-electron chi connectivity index (χ0n) is 26.7. The lowest BCUT2D eigenvalue weighted by Gasteiger charge is -2.28. The van der Waals surface area contributed by atoms with Crippen molar-refractivity contribution < 1.29 is 4.42 Å². The van der Waals surface area contributed by atoms with E-state index in [1.165, 1.54) is 58.9 Å². The summed E-state index contributed by atoms with van der Waals surface area (Å²) >= 11 is 1.86. The highest BCUT2D eigenvalue weighted by molar-refractivity contribution is 7.26. The molecule has 0 saturated heterocycles. The first kappa shape index (κ1) is 27.5. The van der Waals surface area contributed by atoms with Crippen molar-refractivity contribution in [3.05, 3.63) is 163 Å². The van der Waals surface area contributed by atoms with E-state index in [0.717, 1.165) is 33.6 Å². The summed E-state index contributed by atoms with van der Waals surface area (Å²) in [4.78, 5) is 2.35. The van der Waals surface area contributed by atoms with Gasteiger partial charge in [-0.15, -0.1) is 11.3 Å². The lowest BCUT2D eigenvalue weighted by atomic mass is 9.81. The largest absolute Gasteiger partial charge is 0.455 e. The van der Waals surface area contributed by atoms with Crippen LogP contribution in [0.5, 0.6) is 0 Å². The highest BCUT2D eigenvalue weighted by Gasteiger charge is 2.36. The number of furan rings is 1. The first-order valence-corrected chi connectivity index (χ1v) is 17.3. The van der Waals surface area contributed by atoms with Crippen molar-refractivity contribution in [2.45, 2.75) is 19.3 Å². The SMILES string of the molecule is CC1(C)c2cc(-c3cc4c5ccccc5oc4c4c3sc3ccccc34)ccc2-c2ccc(N(c3ccccc3)c3ccccc3)cc21. The molecule has 2 heterocycles. The molecule has 0 aliphatic heterocycles. The van der Waals surface area contributed by atoms with Crippen molar-refractivity contribution in [1.29, 1.82) is 0 Å². The summed E-state index contributed by atoms with van der Waals surface area (Å²) in [6.45, 7) is 4.75. The average Bonchev–Trinajstić information content (AvgIpc) is 3.77. The fourth-order valence-electron chi connectivity index (χ4n) is 7.91. The molecule has 1 aliphatic rings. The minimum absolute atomic E-state index is 0.179. The van der Waals surface area contributed by atoms with E-state index in [9.17, 15) is 0 Å². The second kappa shape index (κ2) is 10.2. The number of rotatable bonds is 4. The lowest BCUT2D eigenvalue weighted by molar-refractivity contribution is 0.660. The summed E-state index contributed by atoms with van der Waals surface area (Å²) in [5.74, 6) is 0. The predicted molar refractivity (Wildman–Crippen MR) is 204 cm³/mol. The zero-order valence-corrected chi connectivity index (χ0v) is 27.5. The highest BCUT2D eigenvalue weighted by Crippen LogP contribution is 2.53. The fraction of sp³-hybridized carbons (Fsp3) is 0.0667. The molecule has 0 unspecified atom stereocenters. The van der Waals surface area contributed by atoms with E-state index < -0.39 is 0 Å². The molecule has 3 heteroatoms. The Labute approximate surface area is 283 Å². The van der Waals surface area contributed by atoms with Crippen molar-refractivity contribution >= 4 is 70.5 Å². The number of hydrogen-bond acceptors (Lipinski definition) is 3. The van der Waals surface area contributed by atoms with Crippen molar-refractivity contribution in [1.82, 2.24) is 0 Å². The number of para-hydroxylation sites is 3. The summed E-state index contributed by atoms with van der Waals surface area (Å²) in [6.07, 6.45) is 0. The summed E-state index contributed by atoms with van der Waals surface area (Å²) in [5.41, 5.74) is 13.1. The van der Waals surface area contributed by atoms with Gasteiger partial charge in [-0.1, -0.05) is 105 Å². The van der Waals surface area contributed by atoms with Gasteiger partial charge in [0.2, 0.25) is 0 Å². The zero-order chi connectivity index (χ0) is 32.0. The Bertz CT molecular complexity index is 2660. The molecule has 2 aromatic heterocycles. The standard InChI is InChI=1S/C45H31NOS/c1-45(2)38-25-28(36-27-37-34-17-9-11-19-40(34)47-43(37)42-35-18-10-12-20-41(35)48-44(36)42)21-23-32(38)33-24-22-31(26-39(33)45)46(29-13-5-3-6-14-29)30-15-7-4-8-16-30/h3-27H,1-2H3. The molecule has 0 amide bonds. The van der Waals surface area contributed by atoms with Crippen LogP contribution in [-0.4, -0.2) is 0 Å². The molecule has 0 radical (unpaired) electrons. The Balaban J connectivity index is 1.16. The van der Waals surface area contributed by atoms with Crippen LogP contribution in [0.3, 0.4) is 0 Å². The molecule has 0 bridgehead atoms. The van der Waals surface area contributed by atoms with Crippen LogP contribution in [0.4, 0.5) is 17.1 Å². The number of nitrogens with zero attached hydrogens (tertiary/aromatic N) is 1. The van der Waals surface area contributed by atoms with Crippen LogP contribution in [0.15, 0.2) is 156 Å². The Morgan fingerprint density at radius 1 is 0.521 bits per heavy atom. The van der Waals surface area contributed by atoms with E-state index in [2.05, 4.69) is 170 Å². The maximum atomic E-state index is 6.57. The monoisotopic (exact) mass is 633 g/mol. The molecule has 0 spiro atoms. The molecule has 1 aliphatic carbocycles. The third kappa shape index (κ3) is 3.92. The third-order valence-electron chi connectivity index (χ3n) is 10.2. The second-order valence-corrected chi connectivity index (χ2v) is 14.4. The van der Waals surface area contributed by atoms with E-state index in [0.29, 0.717) is 0 Å². The van der Waals surface area contributed by atoms with Crippen LogP contribution >= 0.6 is 11.3 Å². The molecule has 9 aromatic rings. The summed E-state index contributed by atoms with van der Waals surface area (Å²) in [7, 11) is 0. The predicted octanol–water partition coefficient (Wildman–Crippen LogP) is 13.4. The van der Waals surface area contributed by atoms with Gasteiger partial charge in [0.15, 0.2) is 0 Å². The minimum Gasteiger partial charge on any atom is -0.455 e. The molecule has 2 nitrogen and oxygen atoms in total. The minimum atomic E-state index is -0.179. The van der Waals surface area contributed by atoms with Crippen LogP contribution in [0, 0.1) is 0 Å². The number of anilines is 3. The molecule has 48 heavy (non-hydrogen) atoms. The van der Waals surface area contributed by atoms with E-state index in [4.69, 9.17) is 4.42 Å². The van der Waals surface area contributed by atoms with E-state index in [1.54, 1.807) is 0 Å². The first-order chi connectivity index (χ1) is 23.6. The van der Waals surface area contributed by atoms with Gasteiger partial charge in [-0.25, -0.2) is 0 Å². The Hall–Kier alpha value is -5.64. The number of thiophene rings is 1. The molecule has 0 fully saturated rings. The molecular formula is C45H31NOS. The number of benzene rings is 7. The molecule has 0 atom stereocenters. The Morgan fingerprint density at radius 2 is 1.15 bits per heavy atom.